The lowest BCUT2D eigenvalue weighted by molar-refractivity contribution is 0.243. The van der Waals surface area contributed by atoms with E-state index in [-0.39, 0.29) is 12.1 Å². The lowest BCUT2D eigenvalue weighted by atomic mass is 10.2. The number of benzene rings is 2. The fourth-order valence-electron chi connectivity index (χ4n) is 3.09. The van der Waals surface area contributed by atoms with E-state index in [1.54, 1.807) is 9.58 Å². The first-order valence-electron chi connectivity index (χ1n) is 8.23. The molecule has 0 saturated carbocycles. The smallest absolute Gasteiger partial charge is 0.322 e. The van der Waals surface area contributed by atoms with Crippen molar-refractivity contribution in [2.45, 2.75) is 19.4 Å². The van der Waals surface area contributed by atoms with E-state index in [4.69, 9.17) is 0 Å². The number of urea groups is 1. The van der Waals surface area contributed by atoms with Gasteiger partial charge >= 0.3 is 6.03 Å². The molecule has 0 aliphatic carbocycles. The number of para-hydroxylation sites is 2. The average molecular weight is 334 g/mol. The number of carbonyl (C=O) groups is 1. The summed E-state index contributed by atoms with van der Waals surface area (Å²) in [5, 5.41) is 14.9. The summed E-state index contributed by atoms with van der Waals surface area (Å²) in [6.07, 6.45) is 0.875. The van der Waals surface area contributed by atoms with E-state index in [0.29, 0.717) is 12.4 Å². The van der Waals surface area contributed by atoms with Gasteiger partial charge in [0.15, 0.2) is 5.82 Å². The standard InChI is InChI=1S/C18H18N6O/c1-13(17-20-21-22-24(17)15-8-3-2-4-9-15)19-18(25)23-12-11-14-7-5-6-10-16(14)23/h2-10,13H,11-12H2,1H3,(H,19,25)/t13-/m0/s1. The molecule has 0 radical (unpaired) electrons. The van der Waals surface area contributed by atoms with Gasteiger partial charge in [0, 0.05) is 12.2 Å². The van der Waals surface area contributed by atoms with Crippen LogP contribution >= 0.6 is 0 Å². The van der Waals surface area contributed by atoms with E-state index < -0.39 is 0 Å². The zero-order valence-corrected chi connectivity index (χ0v) is 13.8. The van der Waals surface area contributed by atoms with Crippen LogP contribution in [0.3, 0.4) is 0 Å². The number of fused-ring (bicyclic) bond motifs is 1. The van der Waals surface area contributed by atoms with Gasteiger partial charge in [-0.3, -0.25) is 4.90 Å². The zero-order valence-electron chi connectivity index (χ0n) is 13.8. The van der Waals surface area contributed by atoms with Gasteiger partial charge < -0.3 is 5.32 Å². The third kappa shape index (κ3) is 2.84. The lowest BCUT2D eigenvalue weighted by Crippen LogP contribution is -2.40. The van der Waals surface area contributed by atoms with Crippen LogP contribution in [0.5, 0.6) is 0 Å². The number of tetrazole rings is 1. The number of anilines is 1. The second kappa shape index (κ2) is 6.35. The van der Waals surface area contributed by atoms with Gasteiger partial charge in [-0.15, -0.1) is 5.10 Å². The van der Waals surface area contributed by atoms with E-state index in [0.717, 1.165) is 17.8 Å². The predicted molar refractivity (Wildman–Crippen MR) is 93.6 cm³/mol. The highest BCUT2D eigenvalue weighted by molar-refractivity contribution is 5.94. The van der Waals surface area contributed by atoms with Crippen molar-refractivity contribution in [1.82, 2.24) is 25.5 Å². The SMILES string of the molecule is C[C@H](NC(=O)N1CCc2ccccc21)c1nnnn1-c1ccccc1. The first-order valence-corrected chi connectivity index (χ1v) is 8.23. The lowest BCUT2D eigenvalue weighted by Gasteiger charge is -2.21. The third-order valence-corrected chi connectivity index (χ3v) is 4.35. The topological polar surface area (TPSA) is 75.9 Å². The van der Waals surface area contributed by atoms with Crippen LogP contribution in [0.1, 0.15) is 24.4 Å². The summed E-state index contributed by atoms with van der Waals surface area (Å²) in [4.78, 5) is 14.5. The Balaban J connectivity index is 1.53. The molecule has 2 amide bonds. The number of carbonyl (C=O) groups excluding carboxylic acids is 1. The molecule has 4 rings (SSSR count). The number of nitrogens with one attached hydrogen (secondary N) is 1. The van der Waals surface area contributed by atoms with Crippen molar-refractivity contribution in [2.75, 3.05) is 11.4 Å². The molecule has 2 heterocycles. The molecule has 25 heavy (non-hydrogen) atoms. The number of rotatable bonds is 3. The summed E-state index contributed by atoms with van der Waals surface area (Å²) < 4.78 is 1.64. The Morgan fingerprint density at radius 3 is 2.72 bits per heavy atom. The van der Waals surface area contributed by atoms with Gasteiger partial charge in [0.05, 0.1) is 11.7 Å². The van der Waals surface area contributed by atoms with E-state index in [9.17, 15) is 4.79 Å². The Morgan fingerprint density at radius 2 is 1.88 bits per heavy atom. The van der Waals surface area contributed by atoms with E-state index in [1.165, 1.54) is 5.56 Å². The molecule has 1 aromatic heterocycles. The van der Waals surface area contributed by atoms with Crippen molar-refractivity contribution in [1.29, 1.82) is 0 Å². The normalized spacial score (nSPS) is 14.2. The third-order valence-electron chi connectivity index (χ3n) is 4.35. The van der Waals surface area contributed by atoms with Crippen molar-refractivity contribution in [3.63, 3.8) is 0 Å². The Labute approximate surface area is 145 Å². The van der Waals surface area contributed by atoms with E-state index in [1.807, 2.05) is 55.5 Å². The maximum Gasteiger partial charge on any atom is 0.322 e. The molecule has 1 atom stereocenters. The summed E-state index contributed by atoms with van der Waals surface area (Å²) in [6.45, 7) is 2.56. The fourth-order valence-corrected chi connectivity index (χ4v) is 3.09. The Morgan fingerprint density at radius 1 is 1.12 bits per heavy atom. The summed E-state index contributed by atoms with van der Waals surface area (Å²) >= 11 is 0. The van der Waals surface area contributed by atoms with Crippen LogP contribution in [-0.2, 0) is 6.42 Å². The van der Waals surface area contributed by atoms with Crippen molar-refractivity contribution < 1.29 is 4.79 Å². The molecule has 0 saturated heterocycles. The molecular formula is C18H18N6O. The maximum atomic E-state index is 12.7. The fraction of sp³-hybridized carbons (Fsp3) is 0.222. The largest absolute Gasteiger partial charge is 0.328 e. The highest BCUT2D eigenvalue weighted by Gasteiger charge is 2.26. The minimum Gasteiger partial charge on any atom is -0.328 e. The highest BCUT2D eigenvalue weighted by Crippen LogP contribution is 2.27. The molecule has 1 aliphatic heterocycles. The Kier molecular flexibility index (Phi) is 3.89. The highest BCUT2D eigenvalue weighted by atomic mass is 16.2. The van der Waals surface area contributed by atoms with Crippen molar-refractivity contribution in [3.05, 3.63) is 66.0 Å². The van der Waals surface area contributed by atoms with Gasteiger partial charge in [0.25, 0.3) is 0 Å². The summed E-state index contributed by atoms with van der Waals surface area (Å²) in [7, 11) is 0. The second-order valence-corrected chi connectivity index (χ2v) is 5.99. The molecule has 0 unspecified atom stereocenters. The van der Waals surface area contributed by atoms with Crippen molar-refractivity contribution in [2.24, 2.45) is 0 Å². The van der Waals surface area contributed by atoms with Gasteiger partial charge in [0.2, 0.25) is 0 Å². The van der Waals surface area contributed by atoms with Crippen LogP contribution in [0.25, 0.3) is 5.69 Å². The molecule has 1 aliphatic rings. The summed E-state index contributed by atoms with van der Waals surface area (Å²) in [6, 6.07) is 17.1. The van der Waals surface area contributed by atoms with Gasteiger partial charge in [-0.1, -0.05) is 36.4 Å². The molecule has 2 aromatic carbocycles. The number of aromatic nitrogens is 4. The Hall–Kier alpha value is -3.22. The summed E-state index contributed by atoms with van der Waals surface area (Å²) in [5.74, 6) is 0.590. The summed E-state index contributed by atoms with van der Waals surface area (Å²) in [5.41, 5.74) is 3.02. The second-order valence-electron chi connectivity index (χ2n) is 5.99. The molecule has 0 spiro atoms. The van der Waals surface area contributed by atoms with Gasteiger partial charge in [0.1, 0.15) is 0 Å². The molecule has 7 heteroatoms. The molecule has 0 fully saturated rings. The van der Waals surface area contributed by atoms with Gasteiger partial charge in [-0.25, -0.2) is 4.79 Å². The first kappa shape index (κ1) is 15.3. The molecule has 7 nitrogen and oxygen atoms in total. The predicted octanol–water partition coefficient (Wildman–Crippen LogP) is 2.50. The van der Waals surface area contributed by atoms with Crippen LogP contribution in [0.15, 0.2) is 54.6 Å². The van der Waals surface area contributed by atoms with Crippen LogP contribution in [0, 0.1) is 0 Å². The molecule has 1 N–H and O–H groups in total. The van der Waals surface area contributed by atoms with Crippen LogP contribution in [0.4, 0.5) is 10.5 Å². The van der Waals surface area contributed by atoms with Gasteiger partial charge in [-0.2, -0.15) is 4.68 Å². The minimum absolute atomic E-state index is 0.139. The first-order chi connectivity index (χ1) is 12.2. The monoisotopic (exact) mass is 334 g/mol. The van der Waals surface area contributed by atoms with Gasteiger partial charge in [-0.05, 0) is 47.5 Å². The van der Waals surface area contributed by atoms with Crippen LogP contribution in [0.2, 0.25) is 0 Å². The van der Waals surface area contributed by atoms with E-state index >= 15 is 0 Å². The minimum atomic E-state index is -0.324. The zero-order chi connectivity index (χ0) is 17.2. The number of hydrogen-bond acceptors (Lipinski definition) is 4. The number of amides is 2. The van der Waals surface area contributed by atoms with Crippen LogP contribution in [-0.4, -0.2) is 32.8 Å². The number of nitrogens with zero attached hydrogens (tertiary/aromatic N) is 5. The molecule has 126 valence electrons. The number of hydrogen-bond donors (Lipinski definition) is 1. The van der Waals surface area contributed by atoms with E-state index in [2.05, 4.69) is 26.9 Å². The molecule has 0 bridgehead atoms. The van der Waals surface area contributed by atoms with Crippen LogP contribution < -0.4 is 10.2 Å². The van der Waals surface area contributed by atoms with Crippen molar-refractivity contribution >= 4 is 11.7 Å². The quantitative estimate of drug-likeness (QED) is 0.798. The maximum absolute atomic E-state index is 12.7. The average Bonchev–Trinajstić information content (AvgIpc) is 3.29. The van der Waals surface area contributed by atoms with Crippen molar-refractivity contribution in [3.8, 4) is 5.69 Å². The Bertz CT molecular complexity index is 891. The molecular weight excluding hydrogens is 316 g/mol. The molecule has 3 aromatic rings.